The summed E-state index contributed by atoms with van der Waals surface area (Å²) in [4.78, 5) is 70.2. The standard InChI is InChI=1S/C44H49ClN12O4/c1-2-30-18-38-39(54-41(30)58)17-29(22-47-38)27-55-13-15-56(16-14-55)33-5-8-37(48-25-33)43(60)50-21-28-9-11-57(12-10-28)44-51-23-31(24-52-44)42(59)53-32-3-6-34(7-4-32)61-35-19-36(45)40(20-46)49-26-35/h5,8,17-19,22-26,28,32,34H,2-4,6-7,9-16,21,27H2,1H3,(H,50,60)(H,53,59)(H,54,58). The lowest BCUT2D eigenvalue weighted by atomic mass is 9.92. The van der Waals surface area contributed by atoms with Gasteiger partial charge in [-0.05, 0) is 80.7 Å². The molecule has 2 amide bonds. The van der Waals surface area contributed by atoms with Gasteiger partial charge in [-0.15, -0.1) is 0 Å². The van der Waals surface area contributed by atoms with E-state index < -0.39 is 0 Å². The maximum absolute atomic E-state index is 13.0. The Labute approximate surface area is 358 Å². The van der Waals surface area contributed by atoms with Crippen LogP contribution in [0.2, 0.25) is 5.02 Å². The summed E-state index contributed by atoms with van der Waals surface area (Å²) >= 11 is 6.09. The molecular formula is C44H49ClN12O4. The molecule has 316 valence electrons. The molecule has 0 atom stereocenters. The van der Waals surface area contributed by atoms with Crippen molar-refractivity contribution in [3.63, 3.8) is 0 Å². The van der Waals surface area contributed by atoms with E-state index in [1.807, 2.05) is 37.4 Å². The van der Waals surface area contributed by atoms with Crippen LogP contribution >= 0.6 is 11.6 Å². The summed E-state index contributed by atoms with van der Waals surface area (Å²) in [5, 5.41) is 15.5. The number of nitrogens with zero attached hydrogens (tertiary/aromatic N) is 9. The van der Waals surface area contributed by atoms with Gasteiger partial charge in [-0.25, -0.2) is 19.9 Å². The molecule has 2 aliphatic heterocycles. The summed E-state index contributed by atoms with van der Waals surface area (Å²) < 4.78 is 6.02. The van der Waals surface area contributed by atoms with Crippen LogP contribution in [-0.2, 0) is 13.0 Å². The van der Waals surface area contributed by atoms with Crippen molar-refractivity contribution in [2.45, 2.75) is 70.6 Å². The highest BCUT2D eigenvalue weighted by Gasteiger charge is 2.26. The SMILES string of the molecule is CCc1cc2ncc(CN3CCN(c4ccc(C(=O)NCC5CCN(c6ncc(C(=O)NC7CCC(Oc8cnc(C#N)c(Cl)c8)CC7)cn6)CC5)nc4)CC3)cc2[nH]c1=O. The van der Waals surface area contributed by atoms with Gasteiger partial charge in [0.15, 0.2) is 5.69 Å². The van der Waals surface area contributed by atoms with E-state index in [1.165, 1.54) is 6.20 Å². The Morgan fingerprint density at radius 3 is 2.33 bits per heavy atom. The van der Waals surface area contributed by atoms with Crippen LogP contribution < -0.4 is 30.7 Å². The second-order valence-electron chi connectivity index (χ2n) is 16.0. The Bertz CT molecular complexity index is 2440. The molecule has 61 heavy (non-hydrogen) atoms. The van der Waals surface area contributed by atoms with E-state index in [9.17, 15) is 14.4 Å². The summed E-state index contributed by atoms with van der Waals surface area (Å²) in [5.74, 6) is 1.06. The molecule has 3 fully saturated rings. The van der Waals surface area contributed by atoms with E-state index in [4.69, 9.17) is 21.6 Å². The number of piperazine rings is 1. The molecule has 2 saturated heterocycles. The minimum Gasteiger partial charge on any atom is -0.489 e. The molecule has 5 aromatic rings. The zero-order valence-electron chi connectivity index (χ0n) is 34.1. The van der Waals surface area contributed by atoms with Gasteiger partial charge < -0.3 is 30.2 Å². The number of ether oxygens (including phenoxy) is 1. The van der Waals surface area contributed by atoms with Crippen LogP contribution in [0.3, 0.4) is 0 Å². The molecular weight excluding hydrogens is 796 g/mol. The van der Waals surface area contributed by atoms with E-state index in [0.29, 0.717) is 41.8 Å². The number of fused-ring (bicyclic) bond motifs is 1. The Hall–Kier alpha value is -6.18. The van der Waals surface area contributed by atoms with Crippen LogP contribution in [-0.4, -0.2) is 105 Å². The predicted molar refractivity (Wildman–Crippen MR) is 231 cm³/mol. The summed E-state index contributed by atoms with van der Waals surface area (Å²) in [5.41, 5.74) is 5.31. The Morgan fingerprint density at radius 1 is 0.869 bits per heavy atom. The van der Waals surface area contributed by atoms with Crippen molar-refractivity contribution in [1.29, 1.82) is 5.26 Å². The summed E-state index contributed by atoms with van der Waals surface area (Å²) in [7, 11) is 0. The summed E-state index contributed by atoms with van der Waals surface area (Å²) in [6, 6.07) is 11.2. The number of nitriles is 1. The fourth-order valence-electron chi connectivity index (χ4n) is 8.27. The van der Waals surface area contributed by atoms with Gasteiger partial charge in [0.05, 0.1) is 45.8 Å². The van der Waals surface area contributed by atoms with Crippen molar-refractivity contribution in [2.75, 3.05) is 55.6 Å². The minimum atomic E-state index is -0.200. The number of piperidine rings is 1. The highest BCUT2D eigenvalue weighted by Crippen LogP contribution is 2.27. The number of anilines is 2. The smallest absolute Gasteiger partial charge is 0.269 e. The largest absolute Gasteiger partial charge is 0.489 e. The van der Waals surface area contributed by atoms with Crippen molar-refractivity contribution in [3.8, 4) is 11.8 Å². The van der Waals surface area contributed by atoms with Crippen LogP contribution in [0.5, 0.6) is 5.75 Å². The Balaban J connectivity index is 0.722. The lowest BCUT2D eigenvalue weighted by molar-refractivity contribution is 0.0891. The minimum absolute atomic E-state index is 0.0190. The molecule has 1 aliphatic carbocycles. The van der Waals surface area contributed by atoms with E-state index >= 15 is 0 Å². The number of aromatic nitrogens is 6. The molecule has 0 unspecified atom stereocenters. The van der Waals surface area contributed by atoms with Gasteiger partial charge in [0.25, 0.3) is 17.4 Å². The number of aryl methyl sites for hydroxylation is 1. The normalized spacial score (nSPS) is 18.7. The van der Waals surface area contributed by atoms with Gasteiger partial charge in [-0.2, -0.15) is 5.26 Å². The first-order valence-corrected chi connectivity index (χ1v) is 21.4. The maximum Gasteiger partial charge on any atom is 0.269 e. The lowest BCUT2D eigenvalue weighted by Gasteiger charge is -2.36. The lowest BCUT2D eigenvalue weighted by Crippen LogP contribution is -2.46. The fourth-order valence-corrected chi connectivity index (χ4v) is 8.46. The molecule has 8 rings (SSSR count). The van der Waals surface area contributed by atoms with Crippen LogP contribution in [0.1, 0.15) is 83.1 Å². The van der Waals surface area contributed by atoms with Gasteiger partial charge in [-0.1, -0.05) is 18.5 Å². The number of halogens is 1. The second kappa shape index (κ2) is 19.0. The van der Waals surface area contributed by atoms with Crippen molar-refractivity contribution in [3.05, 3.63) is 105 Å². The number of carbonyl (C=O) groups excluding carboxylic acids is 2. The molecule has 0 aromatic carbocycles. The number of aromatic amines is 1. The van der Waals surface area contributed by atoms with E-state index in [0.717, 1.165) is 112 Å². The molecule has 16 nitrogen and oxygen atoms in total. The third kappa shape index (κ3) is 10.2. The number of nitrogens with one attached hydrogen (secondary N) is 3. The van der Waals surface area contributed by atoms with Crippen molar-refractivity contribution in [1.82, 2.24) is 45.4 Å². The third-order valence-electron chi connectivity index (χ3n) is 11.9. The second-order valence-corrected chi connectivity index (χ2v) is 16.4. The van der Waals surface area contributed by atoms with Gasteiger partial charge in [0.1, 0.15) is 17.5 Å². The van der Waals surface area contributed by atoms with E-state index in [-0.39, 0.29) is 40.2 Å². The van der Waals surface area contributed by atoms with Crippen molar-refractivity contribution < 1.29 is 14.3 Å². The van der Waals surface area contributed by atoms with E-state index in [2.05, 4.69) is 55.2 Å². The number of H-pyrrole nitrogens is 1. The average Bonchev–Trinajstić information content (AvgIpc) is 3.29. The highest BCUT2D eigenvalue weighted by atomic mass is 35.5. The Morgan fingerprint density at radius 2 is 1.64 bits per heavy atom. The topological polar surface area (TPSA) is 198 Å². The van der Waals surface area contributed by atoms with Gasteiger partial charge in [0, 0.05) is 88.6 Å². The predicted octanol–water partition coefficient (Wildman–Crippen LogP) is 4.68. The van der Waals surface area contributed by atoms with E-state index in [1.54, 1.807) is 30.7 Å². The number of rotatable bonds is 12. The molecule has 1 saturated carbocycles. The average molecular weight is 845 g/mol. The monoisotopic (exact) mass is 844 g/mol. The molecule has 0 radical (unpaired) electrons. The first kappa shape index (κ1) is 41.5. The summed E-state index contributed by atoms with van der Waals surface area (Å²) in [6.45, 7) is 8.21. The van der Waals surface area contributed by atoms with Crippen LogP contribution in [0.25, 0.3) is 11.0 Å². The molecule has 0 bridgehead atoms. The van der Waals surface area contributed by atoms with Crippen LogP contribution in [0.4, 0.5) is 11.6 Å². The fraction of sp³-hybridized carbons (Fsp3) is 0.432. The number of hydrogen-bond donors (Lipinski definition) is 3. The number of pyridine rings is 4. The molecule has 7 heterocycles. The number of carbonyl (C=O) groups is 2. The first-order chi connectivity index (χ1) is 29.7. The Kier molecular flexibility index (Phi) is 13.0. The molecule has 3 N–H and O–H groups in total. The third-order valence-corrected chi connectivity index (χ3v) is 12.2. The molecule has 3 aliphatic rings. The first-order valence-electron chi connectivity index (χ1n) is 21.0. The zero-order chi connectivity index (χ0) is 42.3. The molecule has 0 spiro atoms. The highest BCUT2D eigenvalue weighted by molar-refractivity contribution is 6.31. The quantitative estimate of drug-likeness (QED) is 0.157. The maximum atomic E-state index is 13.0. The van der Waals surface area contributed by atoms with Gasteiger partial charge in [-0.3, -0.25) is 24.3 Å². The zero-order valence-corrected chi connectivity index (χ0v) is 34.9. The van der Waals surface area contributed by atoms with Crippen LogP contribution in [0, 0.1) is 17.2 Å². The number of amides is 2. The van der Waals surface area contributed by atoms with Gasteiger partial charge in [0.2, 0.25) is 5.95 Å². The number of hydrogen-bond acceptors (Lipinski definition) is 13. The van der Waals surface area contributed by atoms with Crippen molar-refractivity contribution >= 4 is 46.1 Å². The van der Waals surface area contributed by atoms with Crippen LogP contribution in [0.15, 0.2) is 66.1 Å². The molecule has 5 aromatic heterocycles. The summed E-state index contributed by atoms with van der Waals surface area (Å²) in [6.07, 6.45) is 13.8. The van der Waals surface area contributed by atoms with Gasteiger partial charge >= 0.3 is 0 Å². The molecule has 17 heteroatoms. The van der Waals surface area contributed by atoms with Crippen molar-refractivity contribution in [2.24, 2.45) is 5.92 Å².